The van der Waals surface area contributed by atoms with Crippen LogP contribution in [0.1, 0.15) is 16.0 Å². The van der Waals surface area contributed by atoms with Crippen LogP contribution in [0.5, 0.6) is 0 Å². The van der Waals surface area contributed by atoms with E-state index in [1.54, 1.807) is 18.2 Å². The lowest BCUT2D eigenvalue weighted by molar-refractivity contribution is 0.507. The van der Waals surface area contributed by atoms with Gasteiger partial charge in [-0.2, -0.15) is 0 Å². The van der Waals surface area contributed by atoms with Gasteiger partial charge in [-0.1, -0.05) is 28.1 Å². The van der Waals surface area contributed by atoms with E-state index in [-0.39, 0.29) is 4.83 Å². The SMILES string of the molecule is O=c1[nH]c2ccc(C(Br)Cc3ccc(F)c(F)c3)cc2o1. The third-order valence-electron chi connectivity index (χ3n) is 3.21. The Morgan fingerprint density at radius 1 is 1.14 bits per heavy atom. The predicted molar refractivity (Wildman–Crippen MR) is 78.6 cm³/mol. The maximum Gasteiger partial charge on any atom is 0.417 e. The van der Waals surface area contributed by atoms with Crippen molar-refractivity contribution in [2.75, 3.05) is 0 Å². The fourth-order valence-corrected chi connectivity index (χ4v) is 2.81. The Morgan fingerprint density at radius 2 is 1.95 bits per heavy atom. The van der Waals surface area contributed by atoms with Crippen molar-refractivity contribution in [3.05, 3.63) is 69.7 Å². The van der Waals surface area contributed by atoms with Gasteiger partial charge >= 0.3 is 5.76 Å². The molecule has 0 aliphatic heterocycles. The number of H-pyrrole nitrogens is 1. The van der Waals surface area contributed by atoms with Gasteiger partial charge in [0.2, 0.25) is 0 Å². The molecule has 0 amide bonds. The summed E-state index contributed by atoms with van der Waals surface area (Å²) in [6, 6.07) is 9.16. The summed E-state index contributed by atoms with van der Waals surface area (Å²) in [5.41, 5.74) is 2.64. The van der Waals surface area contributed by atoms with Crippen molar-refractivity contribution in [2.24, 2.45) is 0 Å². The monoisotopic (exact) mass is 353 g/mol. The highest BCUT2D eigenvalue weighted by Crippen LogP contribution is 2.29. The summed E-state index contributed by atoms with van der Waals surface area (Å²) in [7, 11) is 0. The maximum absolute atomic E-state index is 13.2. The lowest BCUT2D eigenvalue weighted by atomic mass is 10.0. The van der Waals surface area contributed by atoms with Gasteiger partial charge < -0.3 is 4.42 Å². The summed E-state index contributed by atoms with van der Waals surface area (Å²) in [5, 5.41) is 0. The fourth-order valence-electron chi connectivity index (χ4n) is 2.15. The number of halogens is 3. The number of alkyl halides is 1. The molecule has 1 N–H and O–H groups in total. The lowest BCUT2D eigenvalue weighted by Gasteiger charge is -2.10. The molecule has 0 radical (unpaired) electrons. The Morgan fingerprint density at radius 3 is 2.71 bits per heavy atom. The Hall–Kier alpha value is -1.95. The van der Waals surface area contributed by atoms with Crippen LogP contribution in [0.2, 0.25) is 0 Å². The first kappa shape index (κ1) is 14.0. The number of aromatic amines is 1. The average Bonchev–Trinajstić information content (AvgIpc) is 2.82. The summed E-state index contributed by atoms with van der Waals surface area (Å²) in [4.78, 5) is 13.6. The molecule has 1 aromatic heterocycles. The maximum atomic E-state index is 13.2. The second kappa shape index (κ2) is 5.44. The lowest BCUT2D eigenvalue weighted by Crippen LogP contribution is -1.97. The van der Waals surface area contributed by atoms with Crippen molar-refractivity contribution < 1.29 is 13.2 Å². The molecule has 0 spiro atoms. The van der Waals surface area contributed by atoms with Gasteiger partial charge in [0.1, 0.15) is 0 Å². The average molecular weight is 354 g/mol. The van der Waals surface area contributed by atoms with Crippen molar-refractivity contribution in [1.82, 2.24) is 4.98 Å². The van der Waals surface area contributed by atoms with Crippen LogP contribution in [0.25, 0.3) is 11.1 Å². The molecule has 3 nitrogen and oxygen atoms in total. The summed E-state index contributed by atoms with van der Waals surface area (Å²) < 4.78 is 31.1. The van der Waals surface area contributed by atoms with Gasteiger partial charge in [0.25, 0.3) is 0 Å². The minimum absolute atomic E-state index is 0.105. The summed E-state index contributed by atoms with van der Waals surface area (Å²) in [5.74, 6) is -2.23. The molecule has 3 aromatic rings. The molecule has 21 heavy (non-hydrogen) atoms. The van der Waals surface area contributed by atoms with Gasteiger partial charge in [-0.05, 0) is 41.8 Å². The molecule has 0 bridgehead atoms. The van der Waals surface area contributed by atoms with Gasteiger partial charge in [0.15, 0.2) is 17.2 Å². The van der Waals surface area contributed by atoms with Gasteiger partial charge in [-0.15, -0.1) is 0 Å². The quantitative estimate of drug-likeness (QED) is 0.721. The fraction of sp³-hybridized carbons (Fsp3) is 0.133. The summed E-state index contributed by atoms with van der Waals surface area (Å²) in [6.07, 6.45) is 0.483. The molecule has 1 unspecified atom stereocenters. The topological polar surface area (TPSA) is 46.0 Å². The molecule has 0 aliphatic rings. The first-order chi connectivity index (χ1) is 10.0. The van der Waals surface area contributed by atoms with Crippen LogP contribution < -0.4 is 5.76 Å². The number of hydrogen-bond donors (Lipinski definition) is 1. The van der Waals surface area contributed by atoms with Crippen LogP contribution >= 0.6 is 15.9 Å². The zero-order valence-electron chi connectivity index (χ0n) is 10.7. The zero-order valence-corrected chi connectivity index (χ0v) is 12.3. The van der Waals surface area contributed by atoms with E-state index < -0.39 is 17.4 Å². The Bertz CT molecular complexity index is 856. The number of oxazole rings is 1. The summed E-state index contributed by atoms with van der Waals surface area (Å²) in [6.45, 7) is 0. The molecule has 2 aromatic carbocycles. The third kappa shape index (κ3) is 2.90. The molecule has 1 atom stereocenters. The highest BCUT2D eigenvalue weighted by atomic mass is 79.9. The molecule has 0 saturated heterocycles. The van der Waals surface area contributed by atoms with Crippen molar-refractivity contribution in [1.29, 1.82) is 0 Å². The smallest absolute Gasteiger partial charge is 0.408 e. The number of nitrogens with one attached hydrogen (secondary N) is 1. The van der Waals surface area contributed by atoms with Crippen molar-refractivity contribution >= 4 is 27.0 Å². The normalized spacial score (nSPS) is 12.7. The second-order valence-corrected chi connectivity index (χ2v) is 5.80. The minimum Gasteiger partial charge on any atom is -0.408 e. The molecule has 6 heteroatoms. The molecular weight excluding hydrogens is 344 g/mol. The third-order valence-corrected chi connectivity index (χ3v) is 4.06. The van der Waals surface area contributed by atoms with Gasteiger partial charge in [0, 0.05) is 4.83 Å². The van der Waals surface area contributed by atoms with Crippen LogP contribution in [-0.4, -0.2) is 4.98 Å². The van der Waals surface area contributed by atoms with E-state index in [4.69, 9.17) is 4.42 Å². The van der Waals surface area contributed by atoms with Crippen molar-refractivity contribution in [3.63, 3.8) is 0 Å². The first-order valence-corrected chi connectivity index (χ1v) is 7.15. The number of aromatic nitrogens is 1. The zero-order chi connectivity index (χ0) is 15.0. The first-order valence-electron chi connectivity index (χ1n) is 6.24. The van der Waals surface area contributed by atoms with Gasteiger partial charge in [-0.25, -0.2) is 13.6 Å². The van der Waals surface area contributed by atoms with E-state index in [1.807, 2.05) is 6.07 Å². The number of benzene rings is 2. The Labute approximate surface area is 126 Å². The van der Waals surface area contributed by atoms with Gasteiger partial charge in [0.05, 0.1) is 5.52 Å². The second-order valence-electron chi connectivity index (χ2n) is 4.69. The summed E-state index contributed by atoms with van der Waals surface area (Å²) >= 11 is 3.51. The van der Waals surface area contributed by atoms with Crippen LogP contribution in [0.4, 0.5) is 8.78 Å². The van der Waals surface area contributed by atoms with E-state index in [2.05, 4.69) is 20.9 Å². The molecule has 0 saturated carbocycles. The largest absolute Gasteiger partial charge is 0.417 e. The molecule has 3 rings (SSSR count). The van der Waals surface area contributed by atoms with Crippen LogP contribution in [0.3, 0.4) is 0 Å². The van der Waals surface area contributed by atoms with E-state index in [9.17, 15) is 13.6 Å². The van der Waals surface area contributed by atoms with E-state index in [0.29, 0.717) is 23.1 Å². The van der Waals surface area contributed by atoms with Crippen molar-refractivity contribution in [3.8, 4) is 0 Å². The minimum atomic E-state index is -0.862. The Balaban J connectivity index is 1.87. The molecule has 108 valence electrons. The van der Waals surface area contributed by atoms with E-state index in [1.165, 1.54) is 6.07 Å². The predicted octanol–water partition coefficient (Wildman–Crippen LogP) is 4.08. The van der Waals surface area contributed by atoms with E-state index >= 15 is 0 Å². The van der Waals surface area contributed by atoms with Crippen molar-refractivity contribution in [2.45, 2.75) is 11.2 Å². The number of hydrogen-bond acceptors (Lipinski definition) is 2. The highest BCUT2D eigenvalue weighted by Gasteiger charge is 2.12. The Kier molecular flexibility index (Phi) is 3.63. The van der Waals surface area contributed by atoms with E-state index in [0.717, 1.165) is 11.6 Å². The number of fused-ring (bicyclic) bond motifs is 1. The van der Waals surface area contributed by atoms with Crippen LogP contribution in [-0.2, 0) is 6.42 Å². The molecule has 0 fully saturated rings. The van der Waals surface area contributed by atoms with Crippen LogP contribution in [0, 0.1) is 11.6 Å². The highest BCUT2D eigenvalue weighted by molar-refractivity contribution is 9.09. The molecular formula is C15H10BrF2NO2. The molecule has 0 aliphatic carbocycles. The molecule has 1 heterocycles. The standard InChI is InChI=1S/C15H10BrF2NO2/c16-10(5-8-1-3-11(17)12(18)6-8)9-2-4-13-14(7-9)21-15(20)19-13/h1-4,6-7,10H,5H2,(H,19,20). The number of rotatable bonds is 3. The van der Waals surface area contributed by atoms with Gasteiger partial charge in [-0.3, -0.25) is 4.98 Å². The van der Waals surface area contributed by atoms with Crippen LogP contribution in [0.15, 0.2) is 45.6 Å².